The highest BCUT2D eigenvalue weighted by Crippen LogP contribution is 2.48. The van der Waals surface area contributed by atoms with Gasteiger partial charge in [-0.2, -0.15) is 0 Å². The summed E-state index contributed by atoms with van der Waals surface area (Å²) < 4.78 is 37.2. The van der Waals surface area contributed by atoms with Crippen LogP contribution in [0.25, 0.3) is 0 Å². The topological polar surface area (TPSA) is 52.6 Å². The minimum atomic E-state index is -3.44. The van der Waals surface area contributed by atoms with Crippen molar-refractivity contribution in [2.45, 2.75) is 53.9 Å². The first-order chi connectivity index (χ1) is 14.1. The highest BCUT2D eigenvalue weighted by molar-refractivity contribution is 7.54. The van der Waals surface area contributed by atoms with Gasteiger partial charge in [0.1, 0.15) is 12.0 Å². The van der Waals surface area contributed by atoms with E-state index >= 15 is 0 Å². The first-order valence-corrected chi connectivity index (χ1v) is 12.1. The fraction of sp³-hybridized carbons (Fsp3) is 0.458. The molecule has 30 heavy (non-hydrogen) atoms. The molecule has 0 unspecified atom stereocenters. The molecular weight excluding hydrogens is 402 g/mol. The maximum absolute atomic E-state index is 14.0. The summed E-state index contributed by atoms with van der Waals surface area (Å²) in [5.74, 6) is -0.337. The van der Waals surface area contributed by atoms with Crippen molar-refractivity contribution in [2.75, 3.05) is 19.4 Å². The summed E-state index contributed by atoms with van der Waals surface area (Å²) in [5.41, 5.74) is 5.27. The third kappa shape index (κ3) is 6.10. The lowest BCUT2D eigenvalue weighted by atomic mass is 9.91. The molecule has 0 atom stereocenters. The third-order valence-electron chi connectivity index (χ3n) is 5.07. The van der Waals surface area contributed by atoms with Gasteiger partial charge in [0, 0.05) is 5.56 Å². The Hall–Kier alpha value is -1.81. The summed E-state index contributed by atoms with van der Waals surface area (Å²) in [4.78, 5) is 12.8. The van der Waals surface area contributed by atoms with Gasteiger partial charge in [-0.15, -0.1) is 0 Å². The molecule has 0 aliphatic heterocycles. The SMILES string of the molecule is CCOP(=O)(CC(=O)c1cc(C)c(Cc2ccc(F)c(C(C)C)c2)c(C)c1)OCC. The molecule has 0 heterocycles. The van der Waals surface area contributed by atoms with Crippen molar-refractivity contribution in [3.8, 4) is 0 Å². The molecule has 0 saturated heterocycles. The average molecular weight is 434 g/mol. The fourth-order valence-corrected chi connectivity index (χ4v) is 5.15. The van der Waals surface area contributed by atoms with E-state index in [1.165, 1.54) is 6.07 Å². The van der Waals surface area contributed by atoms with Gasteiger partial charge in [-0.1, -0.05) is 26.0 Å². The van der Waals surface area contributed by atoms with Gasteiger partial charge in [0.05, 0.1) is 13.2 Å². The Balaban J connectivity index is 2.28. The zero-order valence-electron chi connectivity index (χ0n) is 18.8. The van der Waals surface area contributed by atoms with Crippen molar-refractivity contribution in [3.05, 3.63) is 69.5 Å². The minimum absolute atomic E-state index is 0.110. The molecule has 6 heteroatoms. The Morgan fingerprint density at radius 2 is 1.60 bits per heavy atom. The van der Waals surface area contributed by atoms with Crippen LogP contribution in [0.15, 0.2) is 30.3 Å². The summed E-state index contributed by atoms with van der Waals surface area (Å²) in [5, 5.41) is 0. The molecule has 4 nitrogen and oxygen atoms in total. The molecule has 2 aromatic rings. The van der Waals surface area contributed by atoms with Crippen molar-refractivity contribution < 1.29 is 22.8 Å². The number of ketones is 1. The summed E-state index contributed by atoms with van der Waals surface area (Å²) in [6.07, 6.45) is 0.380. The van der Waals surface area contributed by atoms with Gasteiger partial charge in [0.2, 0.25) is 0 Å². The summed E-state index contributed by atoms with van der Waals surface area (Å²) in [7, 11) is -3.44. The van der Waals surface area contributed by atoms with E-state index in [1.54, 1.807) is 19.9 Å². The lowest BCUT2D eigenvalue weighted by Gasteiger charge is -2.17. The van der Waals surface area contributed by atoms with Crippen molar-refractivity contribution in [3.63, 3.8) is 0 Å². The van der Waals surface area contributed by atoms with Crippen LogP contribution >= 0.6 is 7.60 Å². The van der Waals surface area contributed by atoms with Gasteiger partial charge in [-0.05, 0) is 86.1 Å². The number of Topliss-reactive ketones (excluding diaryl/α,β-unsaturated/α-hetero) is 1. The number of hydrogen-bond donors (Lipinski definition) is 0. The normalized spacial score (nSPS) is 11.9. The van der Waals surface area contributed by atoms with Crippen LogP contribution in [0.3, 0.4) is 0 Å². The lowest BCUT2D eigenvalue weighted by Crippen LogP contribution is -2.11. The molecule has 2 rings (SSSR count). The van der Waals surface area contributed by atoms with E-state index in [9.17, 15) is 13.8 Å². The quantitative estimate of drug-likeness (QED) is 0.312. The van der Waals surface area contributed by atoms with E-state index in [0.29, 0.717) is 17.5 Å². The standard InChI is InChI=1S/C24H32FO4P/c1-7-28-30(27,29-8-2)15-24(26)20-11-17(5)22(18(6)12-20)14-19-9-10-23(25)21(13-19)16(3)4/h9-13,16H,7-8,14-15H2,1-6H3. The van der Waals surface area contributed by atoms with Crippen LogP contribution < -0.4 is 0 Å². The Bertz CT molecular complexity index is 919. The van der Waals surface area contributed by atoms with Crippen LogP contribution in [-0.2, 0) is 20.0 Å². The number of halogens is 1. The number of hydrogen-bond acceptors (Lipinski definition) is 4. The number of rotatable bonds is 10. The average Bonchev–Trinajstić information content (AvgIpc) is 2.65. The van der Waals surface area contributed by atoms with Crippen molar-refractivity contribution in [1.29, 1.82) is 0 Å². The molecule has 0 fully saturated rings. The Kier molecular flexibility index (Phi) is 8.54. The van der Waals surface area contributed by atoms with E-state index < -0.39 is 7.60 Å². The van der Waals surface area contributed by atoms with E-state index in [-0.39, 0.29) is 36.9 Å². The Morgan fingerprint density at radius 3 is 2.10 bits per heavy atom. The first-order valence-electron chi connectivity index (χ1n) is 10.4. The molecule has 2 aromatic carbocycles. The second-order valence-corrected chi connectivity index (χ2v) is 9.86. The number of carbonyl (C=O) groups is 1. The summed E-state index contributed by atoms with van der Waals surface area (Å²) in [6.45, 7) is 11.7. The van der Waals surface area contributed by atoms with Gasteiger partial charge in [-0.3, -0.25) is 9.36 Å². The molecule has 0 aliphatic carbocycles. The van der Waals surface area contributed by atoms with Gasteiger partial charge >= 0.3 is 7.60 Å². The Labute approximate surface area is 179 Å². The van der Waals surface area contributed by atoms with Crippen LogP contribution in [0.4, 0.5) is 4.39 Å². The van der Waals surface area contributed by atoms with Gasteiger partial charge in [0.25, 0.3) is 0 Å². The molecule has 0 N–H and O–H groups in total. The highest BCUT2D eigenvalue weighted by Gasteiger charge is 2.28. The number of aryl methyl sites for hydroxylation is 2. The van der Waals surface area contributed by atoms with E-state index in [4.69, 9.17) is 9.05 Å². The van der Waals surface area contributed by atoms with Crippen LogP contribution in [0.2, 0.25) is 0 Å². The maximum Gasteiger partial charge on any atom is 0.338 e. The van der Waals surface area contributed by atoms with E-state index in [1.807, 2.05) is 45.9 Å². The second-order valence-electron chi connectivity index (χ2n) is 7.80. The largest absolute Gasteiger partial charge is 0.338 e. The van der Waals surface area contributed by atoms with Crippen molar-refractivity contribution in [1.82, 2.24) is 0 Å². The van der Waals surface area contributed by atoms with Crippen LogP contribution in [0, 0.1) is 19.7 Å². The molecule has 0 aromatic heterocycles. The highest BCUT2D eigenvalue weighted by atomic mass is 31.2. The minimum Gasteiger partial charge on any atom is -0.309 e. The zero-order valence-corrected chi connectivity index (χ0v) is 19.6. The Morgan fingerprint density at radius 1 is 1.03 bits per heavy atom. The summed E-state index contributed by atoms with van der Waals surface area (Å²) >= 11 is 0. The number of carbonyl (C=O) groups excluding carboxylic acids is 1. The van der Waals surface area contributed by atoms with Crippen LogP contribution in [0.5, 0.6) is 0 Å². The number of benzene rings is 2. The molecular formula is C24H32FO4P. The molecule has 0 spiro atoms. The first kappa shape index (κ1) is 24.5. The zero-order chi connectivity index (χ0) is 22.5. The second kappa shape index (κ2) is 10.5. The molecule has 0 bridgehead atoms. The summed E-state index contributed by atoms with van der Waals surface area (Å²) in [6, 6.07) is 8.88. The van der Waals surface area contributed by atoms with Crippen molar-refractivity contribution >= 4 is 13.4 Å². The van der Waals surface area contributed by atoms with E-state index in [0.717, 1.165) is 22.3 Å². The molecule has 0 radical (unpaired) electrons. The molecule has 0 aliphatic rings. The van der Waals surface area contributed by atoms with Gasteiger partial charge in [0.15, 0.2) is 5.78 Å². The van der Waals surface area contributed by atoms with E-state index in [2.05, 4.69) is 0 Å². The van der Waals surface area contributed by atoms with Crippen LogP contribution in [-0.4, -0.2) is 25.2 Å². The predicted molar refractivity (Wildman–Crippen MR) is 119 cm³/mol. The smallest absolute Gasteiger partial charge is 0.309 e. The fourth-order valence-electron chi connectivity index (χ4n) is 3.57. The lowest BCUT2D eigenvalue weighted by molar-refractivity contribution is 0.100. The molecule has 164 valence electrons. The third-order valence-corrected chi connectivity index (χ3v) is 7.05. The van der Waals surface area contributed by atoms with Gasteiger partial charge < -0.3 is 9.05 Å². The predicted octanol–water partition coefficient (Wildman–Crippen LogP) is 6.61. The monoisotopic (exact) mass is 434 g/mol. The van der Waals surface area contributed by atoms with Crippen LogP contribution in [0.1, 0.15) is 71.8 Å². The van der Waals surface area contributed by atoms with Crippen molar-refractivity contribution in [2.24, 2.45) is 0 Å². The molecule has 0 saturated carbocycles. The maximum atomic E-state index is 14.0. The molecule has 0 amide bonds. The van der Waals surface area contributed by atoms with Gasteiger partial charge in [-0.25, -0.2) is 4.39 Å².